The third-order valence-electron chi connectivity index (χ3n) is 6.83. The average molecular weight is 589 g/mol. The molecule has 43 heavy (non-hydrogen) atoms. The fraction of sp³-hybridized carbons (Fsp3) is 0.194. The van der Waals surface area contributed by atoms with Crippen molar-refractivity contribution in [3.63, 3.8) is 0 Å². The van der Waals surface area contributed by atoms with Gasteiger partial charge in [0.25, 0.3) is 5.56 Å². The van der Waals surface area contributed by atoms with Crippen LogP contribution in [0.5, 0.6) is 0 Å². The zero-order valence-electron chi connectivity index (χ0n) is 22.7. The van der Waals surface area contributed by atoms with E-state index in [0.717, 1.165) is 0 Å². The lowest BCUT2D eigenvalue weighted by Gasteiger charge is -2.34. The van der Waals surface area contributed by atoms with Gasteiger partial charge in [0.15, 0.2) is 17.9 Å². The Bertz CT molecular complexity index is 1740. The van der Waals surface area contributed by atoms with E-state index in [2.05, 4.69) is 0 Å². The quantitative estimate of drug-likeness (QED) is 0.242. The van der Waals surface area contributed by atoms with Gasteiger partial charge in [-0.2, -0.15) is 4.39 Å². The Labute approximate surface area is 243 Å². The first-order chi connectivity index (χ1) is 20.7. The van der Waals surface area contributed by atoms with Crippen molar-refractivity contribution in [2.45, 2.75) is 31.0 Å². The van der Waals surface area contributed by atoms with Gasteiger partial charge < -0.3 is 18.9 Å². The van der Waals surface area contributed by atoms with Crippen LogP contribution in [0.4, 0.5) is 4.39 Å². The summed E-state index contributed by atoms with van der Waals surface area (Å²) in [7, 11) is 0. The van der Waals surface area contributed by atoms with E-state index in [1.165, 1.54) is 43.3 Å². The van der Waals surface area contributed by atoms with Crippen molar-refractivity contribution >= 4 is 17.9 Å². The average Bonchev–Trinajstić information content (AvgIpc) is 3.28. The number of nitrogens with one attached hydrogen (secondary N) is 1. The minimum absolute atomic E-state index is 0.120. The SMILES string of the molecule is C[C@@]1(OC(=O)c2ccccc2)[C@H](OC(=O)c2ccccc2)[C@@H](COC(=O)c2ccccc2)O[C@H]1n1cc(F)c(=O)[nH]c1=O. The largest absolute Gasteiger partial charge is 0.459 e. The minimum Gasteiger partial charge on any atom is -0.459 e. The van der Waals surface area contributed by atoms with Crippen molar-refractivity contribution < 1.29 is 37.7 Å². The van der Waals surface area contributed by atoms with Gasteiger partial charge in [0.1, 0.15) is 12.7 Å². The molecule has 4 aromatic rings. The van der Waals surface area contributed by atoms with Crippen LogP contribution in [0, 0.1) is 5.82 Å². The van der Waals surface area contributed by atoms with Crippen LogP contribution < -0.4 is 11.2 Å². The second-order valence-corrected chi connectivity index (χ2v) is 9.77. The van der Waals surface area contributed by atoms with Gasteiger partial charge in [-0.05, 0) is 43.3 Å². The second kappa shape index (κ2) is 12.2. The highest BCUT2D eigenvalue weighted by Gasteiger charge is 2.60. The fourth-order valence-corrected chi connectivity index (χ4v) is 4.69. The number of rotatable bonds is 8. The first-order valence-electron chi connectivity index (χ1n) is 13.1. The topological polar surface area (TPSA) is 143 Å². The summed E-state index contributed by atoms with van der Waals surface area (Å²) in [6, 6.07) is 23.8. The first-order valence-corrected chi connectivity index (χ1v) is 13.1. The van der Waals surface area contributed by atoms with Gasteiger partial charge in [-0.3, -0.25) is 14.3 Å². The Morgan fingerprint density at radius 1 is 0.837 bits per heavy atom. The highest BCUT2D eigenvalue weighted by atomic mass is 19.1. The lowest BCUT2D eigenvalue weighted by atomic mass is 9.95. The zero-order valence-corrected chi connectivity index (χ0v) is 22.7. The molecule has 1 aromatic heterocycles. The molecule has 1 saturated heterocycles. The summed E-state index contributed by atoms with van der Waals surface area (Å²) in [6.45, 7) is 0.811. The zero-order chi connectivity index (χ0) is 30.6. The molecule has 1 fully saturated rings. The van der Waals surface area contributed by atoms with E-state index >= 15 is 0 Å². The van der Waals surface area contributed by atoms with Crippen LogP contribution in [0.15, 0.2) is 107 Å². The Morgan fingerprint density at radius 3 is 1.91 bits per heavy atom. The molecule has 0 radical (unpaired) electrons. The molecule has 1 aliphatic rings. The number of hydrogen-bond donors (Lipinski definition) is 1. The Hall–Kier alpha value is -5.36. The van der Waals surface area contributed by atoms with E-state index < -0.39 is 65.6 Å². The summed E-state index contributed by atoms with van der Waals surface area (Å²) < 4.78 is 38.3. The van der Waals surface area contributed by atoms with Crippen LogP contribution in [0.1, 0.15) is 44.2 Å². The molecule has 220 valence electrons. The molecule has 0 amide bonds. The molecule has 12 heteroatoms. The molecule has 0 saturated carbocycles. The molecule has 4 atom stereocenters. The Kier molecular flexibility index (Phi) is 8.30. The van der Waals surface area contributed by atoms with E-state index in [0.29, 0.717) is 10.8 Å². The van der Waals surface area contributed by atoms with Gasteiger partial charge in [0.05, 0.1) is 22.9 Å². The minimum atomic E-state index is -2.02. The predicted molar refractivity (Wildman–Crippen MR) is 148 cm³/mol. The molecule has 0 spiro atoms. The number of hydrogen-bond acceptors (Lipinski definition) is 9. The van der Waals surface area contributed by atoms with Crippen molar-refractivity contribution in [3.05, 3.63) is 141 Å². The molecule has 0 aliphatic carbocycles. The number of benzene rings is 3. The Morgan fingerprint density at radius 2 is 1.35 bits per heavy atom. The van der Waals surface area contributed by atoms with Crippen LogP contribution in [0.2, 0.25) is 0 Å². The van der Waals surface area contributed by atoms with Crippen molar-refractivity contribution in [3.8, 4) is 0 Å². The second-order valence-electron chi connectivity index (χ2n) is 9.77. The number of H-pyrrole nitrogens is 1. The number of carbonyl (C=O) groups is 3. The first kappa shape index (κ1) is 29.1. The molecule has 3 aromatic carbocycles. The summed E-state index contributed by atoms with van der Waals surface area (Å²) in [5, 5.41) is 0. The van der Waals surface area contributed by atoms with Crippen LogP contribution in [0.25, 0.3) is 0 Å². The lowest BCUT2D eigenvalue weighted by molar-refractivity contribution is -0.111. The lowest BCUT2D eigenvalue weighted by Crippen LogP contribution is -2.52. The predicted octanol–water partition coefficient (Wildman–Crippen LogP) is 3.27. The summed E-state index contributed by atoms with van der Waals surface area (Å²) in [5.41, 5.74) is -3.89. The maximum absolute atomic E-state index is 14.4. The van der Waals surface area contributed by atoms with E-state index in [4.69, 9.17) is 18.9 Å². The van der Waals surface area contributed by atoms with Gasteiger partial charge in [-0.25, -0.2) is 19.2 Å². The Balaban J connectivity index is 1.57. The maximum Gasteiger partial charge on any atom is 0.338 e. The number of esters is 3. The third kappa shape index (κ3) is 6.14. The molecule has 1 aliphatic heterocycles. The van der Waals surface area contributed by atoms with E-state index in [1.54, 1.807) is 54.6 Å². The summed E-state index contributed by atoms with van der Waals surface area (Å²) >= 11 is 0. The van der Waals surface area contributed by atoms with Crippen LogP contribution >= 0.6 is 0 Å². The number of aromatic amines is 1. The highest BCUT2D eigenvalue weighted by Crippen LogP contribution is 2.43. The number of halogens is 1. The summed E-state index contributed by atoms with van der Waals surface area (Å²) in [5.74, 6) is -3.76. The molecule has 11 nitrogen and oxygen atoms in total. The van der Waals surface area contributed by atoms with Crippen LogP contribution in [0.3, 0.4) is 0 Å². The fourth-order valence-electron chi connectivity index (χ4n) is 4.69. The number of ether oxygens (including phenoxy) is 4. The van der Waals surface area contributed by atoms with Gasteiger partial charge in [0, 0.05) is 0 Å². The molecular weight excluding hydrogens is 563 g/mol. The summed E-state index contributed by atoms with van der Waals surface area (Å²) in [6.07, 6.45) is -3.87. The van der Waals surface area contributed by atoms with Crippen molar-refractivity contribution in [2.24, 2.45) is 0 Å². The molecule has 0 unspecified atom stereocenters. The normalized spacial score (nSPS) is 21.1. The van der Waals surface area contributed by atoms with Crippen molar-refractivity contribution in [1.29, 1.82) is 0 Å². The molecule has 0 bridgehead atoms. The molecular formula is C31H25FN2O9. The van der Waals surface area contributed by atoms with Crippen LogP contribution in [-0.2, 0) is 18.9 Å². The van der Waals surface area contributed by atoms with Crippen molar-refractivity contribution in [2.75, 3.05) is 6.61 Å². The maximum atomic E-state index is 14.4. The third-order valence-corrected chi connectivity index (χ3v) is 6.83. The van der Waals surface area contributed by atoms with Gasteiger partial charge in [0.2, 0.25) is 5.82 Å². The van der Waals surface area contributed by atoms with Gasteiger partial charge in [-0.15, -0.1) is 0 Å². The van der Waals surface area contributed by atoms with E-state index in [1.807, 2.05) is 4.98 Å². The van der Waals surface area contributed by atoms with Gasteiger partial charge >= 0.3 is 23.6 Å². The van der Waals surface area contributed by atoms with E-state index in [9.17, 15) is 28.4 Å². The van der Waals surface area contributed by atoms with Crippen molar-refractivity contribution in [1.82, 2.24) is 9.55 Å². The summed E-state index contributed by atoms with van der Waals surface area (Å²) in [4.78, 5) is 65.8. The van der Waals surface area contributed by atoms with Gasteiger partial charge in [-0.1, -0.05) is 54.6 Å². The highest BCUT2D eigenvalue weighted by molar-refractivity contribution is 5.91. The molecule has 2 heterocycles. The van der Waals surface area contributed by atoms with E-state index in [-0.39, 0.29) is 16.7 Å². The smallest absolute Gasteiger partial charge is 0.338 e. The molecule has 5 rings (SSSR count). The number of carbonyl (C=O) groups excluding carboxylic acids is 3. The monoisotopic (exact) mass is 588 g/mol. The standard InChI is InChI=1S/C31H25FN2O9/c1-31(43-28(38)21-15-9-4-10-16-21)24(42-27(37)20-13-7-3-8-14-20)23(18-40-26(36)19-11-5-2-6-12-19)41-29(31)34-17-22(32)25(35)33-30(34)39/h2-17,23-24,29H,18H2,1H3,(H,33,35,39)/t23-,24-,29-,31-/m1/s1. The number of nitrogens with zero attached hydrogens (tertiary/aromatic N) is 1. The molecule has 1 N–H and O–H groups in total. The van der Waals surface area contributed by atoms with Crippen LogP contribution in [-0.4, -0.2) is 51.9 Å². The number of aromatic nitrogens is 2.